The van der Waals surface area contributed by atoms with Crippen molar-refractivity contribution < 1.29 is 4.74 Å². The number of rotatable bonds is 4. The van der Waals surface area contributed by atoms with E-state index in [1.807, 2.05) is 24.3 Å². The number of hydrazine groups is 1. The highest BCUT2D eigenvalue weighted by Gasteiger charge is 2.15. The van der Waals surface area contributed by atoms with Gasteiger partial charge in [0.2, 0.25) is 0 Å². The van der Waals surface area contributed by atoms with E-state index in [1.165, 1.54) is 0 Å². The summed E-state index contributed by atoms with van der Waals surface area (Å²) in [5, 5.41) is 2.25. The number of nitrogens with zero attached hydrogens (tertiary/aromatic N) is 2. The van der Waals surface area contributed by atoms with E-state index in [4.69, 9.17) is 4.74 Å². The van der Waals surface area contributed by atoms with Crippen molar-refractivity contribution in [3.63, 3.8) is 0 Å². The van der Waals surface area contributed by atoms with Gasteiger partial charge in [0.25, 0.3) is 0 Å². The number of piperazine rings is 1. The average molecular weight is 235 g/mol. The van der Waals surface area contributed by atoms with Gasteiger partial charge < -0.3 is 15.1 Å². The van der Waals surface area contributed by atoms with Crippen LogP contribution in [0, 0.1) is 0 Å². The van der Waals surface area contributed by atoms with E-state index in [0.29, 0.717) is 0 Å². The van der Waals surface area contributed by atoms with E-state index in [2.05, 4.69) is 22.3 Å². The van der Waals surface area contributed by atoms with Gasteiger partial charge in [-0.3, -0.25) is 0 Å². The summed E-state index contributed by atoms with van der Waals surface area (Å²) in [5.74, 6) is 0.894. The molecule has 0 aliphatic carbocycles. The van der Waals surface area contributed by atoms with Crippen molar-refractivity contribution in [3.8, 4) is 5.75 Å². The summed E-state index contributed by atoms with van der Waals surface area (Å²) in [4.78, 5) is 2.46. The number of anilines is 1. The highest BCUT2D eigenvalue weighted by atomic mass is 16.5. The molecule has 17 heavy (non-hydrogen) atoms. The van der Waals surface area contributed by atoms with Gasteiger partial charge in [-0.05, 0) is 18.7 Å². The third-order valence-corrected chi connectivity index (χ3v) is 3.21. The van der Waals surface area contributed by atoms with Gasteiger partial charge in [0, 0.05) is 26.2 Å². The molecule has 0 saturated carbocycles. The zero-order valence-corrected chi connectivity index (χ0v) is 10.6. The second-order valence-electron chi connectivity index (χ2n) is 4.23. The third kappa shape index (κ3) is 3.11. The summed E-state index contributed by atoms with van der Waals surface area (Å²) in [5.41, 5.74) is 4.47. The SMILES string of the molecule is CCN1CCN(Nc2ccccc2OC)CC1. The van der Waals surface area contributed by atoms with Crippen molar-refractivity contribution in [3.05, 3.63) is 24.3 Å². The van der Waals surface area contributed by atoms with Crippen molar-refractivity contribution in [1.82, 2.24) is 9.91 Å². The highest BCUT2D eigenvalue weighted by molar-refractivity contribution is 5.55. The molecule has 1 N–H and O–H groups in total. The Kier molecular flexibility index (Phi) is 4.23. The van der Waals surface area contributed by atoms with Crippen LogP contribution in [0.2, 0.25) is 0 Å². The normalized spacial score (nSPS) is 18.0. The molecule has 0 amide bonds. The molecule has 2 rings (SSSR count). The number of benzene rings is 1. The summed E-state index contributed by atoms with van der Waals surface area (Å²) < 4.78 is 5.33. The first kappa shape index (κ1) is 12.2. The van der Waals surface area contributed by atoms with Crippen molar-refractivity contribution in [2.24, 2.45) is 0 Å². The molecule has 0 aromatic heterocycles. The van der Waals surface area contributed by atoms with Crippen LogP contribution in [0.5, 0.6) is 5.75 Å². The standard InChI is InChI=1S/C13H21N3O/c1-3-15-8-10-16(11-9-15)14-12-6-4-5-7-13(12)17-2/h4-7,14H,3,8-11H2,1-2H3. The Morgan fingerprint density at radius 3 is 2.53 bits per heavy atom. The summed E-state index contributed by atoms with van der Waals surface area (Å²) in [6.07, 6.45) is 0. The molecular weight excluding hydrogens is 214 g/mol. The number of hydrogen-bond donors (Lipinski definition) is 1. The first-order chi connectivity index (χ1) is 8.33. The number of nitrogens with one attached hydrogen (secondary N) is 1. The van der Waals surface area contributed by atoms with Gasteiger partial charge in [-0.15, -0.1) is 0 Å². The highest BCUT2D eigenvalue weighted by Crippen LogP contribution is 2.23. The molecule has 4 heteroatoms. The number of ether oxygens (including phenoxy) is 1. The van der Waals surface area contributed by atoms with Crippen LogP contribution in [0.15, 0.2) is 24.3 Å². The zero-order chi connectivity index (χ0) is 12.1. The van der Waals surface area contributed by atoms with Crippen LogP contribution in [0.25, 0.3) is 0 Å². The fourth-order valence-electron chi connectivity index (χ4n) is 2.08. The molecule has 1 aliphatic rings. The Bertz CT molecular complexity index is 348. The lowest BCUT2D eigenvalue weighted by Crippen LogP contribution is -2.48. The Balaban J connectivity index is 1.93. The van der Waals surface area contributed by atoms with Crippen LogP contribution in [0.3, 0.4) is 0 Å². The van der Waals surface area contributed by atoms with Gasteiger partial charge in [0.15, 0.2) is 0 Å². The fourth-order valence-corrected chi connectivity index (χ4v) is 2.08. The van der Waals surface area contributed by atoms with E-state index < -0.39 is 0 Å². The minimum absolute atomic E-state index is 0.894. The van der Waals surface area contributed by atoms with Gasteiger partial charge in [0.05, 0.1) is 12.8 Å². The molecule has 1 aliphatic heterocycles. The first-order valence-electron chi connectivity index (χ1n) is 6.20. The summed E-state index contributed by atoms with van der Waals surface area (Å²) in [6.45, 7) is 7.70. The maximum absolute atomic E-state index is 5.33. The van der Waals surface area contributed by atoms with Crippen molar-refractivity contribution in [2.75, 3.05) is 45.3 Å². The van der Waals surface area contributed by atoms with Gasteiger partial charge in [-0.2, -0.15) is 0 Å². The lowest BCUT2D eigenvalue weighted by atomic mass is 10.3. The van der Waals surface area contributed by atoms with Crippen LogP contribution in [0.4, 0.5) is 5.69 Å². The molecule has 1 aromatic carbocycles. The van der Waals surface area contributed by atoms with Crippen LogP contribution in [0.1, 0.15) is 6.92 Å². The Morgan fingerprint density at radius 2 is 1.88 bits per heavy atom. The number of methoxy groups -OCH3 is 1. The van der Waals surface area contributed by atoms with Crippen LogP contribution in [-0.2, 0) is 0 Å². The minimum Gasteiger partial charge on any atom is -0.495 e. The van der Waals surface area contributed by atoms with Crippen molar-refractivity contribution in [2.45, 2.75) is 6.92 Å². The lowest BCUT2D eigenvalue weighted by Gasteiger charge is -2.34. The molecule has 0 spiro atoms. The fraction of sp³-hybridized carbons (Fsp3) is 0.538. The molecule has 1 fully saturated rings. The second kappa shape index (κ2) is 5.89. The Labute approximate surface area is 103 Å². The van der Waals surface area contributed by atoms with E-state index in [9.17, 15) is 0 Å². The molecule has 1 heterocycles. The van der Waals surface area contributed by atoms with Crippen molar-refractivity contribution in [1.29, 1.82) is 0 Å². The minimum atomic E-state index is 0.894. The van der Waals surface area contributed by atoms with E-state index >= 15 is 0 Å². The molecule has 0 atom stereocenters. The molecule has 0 bridgehead atoms. The number of likely N-dealkylation sites (N-methyl/N-ethyl adjacent to an activating group) is 1. The maximum atomic E-state index is 5.33. The van der Waals surface area contributed by atoms with Crippen LogP contribution < -0.4 is 10.2 Å². The number of hydrogen-bond acceptors (Lipinski definition) is 4. The lowest BCUT2D eigenvalue weighted by molar-refractivity contribution is 0.158. The van der Waals surface area contributed by atoms with Gasteiger partial charge in [-0.25, -0.2) is 5.01 Å². The molecule has 94 valence electrons. The number of para-hydroxylation sites is 2. The smallest absolute Gasteiger partial charge is 0.143 e. The topological polar surface area (TPSA) is 27.7 Å². The third-order valence-electron chi connectivity index (χ3n) is 3.21. The summed E-state index contributed by atoms with van der Waals surface area (Å²) >= 11 is 0. The van der Waals surface area contributed by atoms with Gasteiger partial charge in [0.1, 0.15) is 5.75 Å². The second-order valence-corrected chi connectivity index (χ2v) is 4.23. The zero-order valence-electron chi connectivity index (χ0n) is 10.6. The largest absolute Gasteiger partial charge is 0.495 e. The molecule has 1 aromatic rings. The average Bonchev–Trinajstić information content (AvgIpc) is 2.40. The summed E-state index contributed by atoms with van der Waals surface area (Å²) in [6, 6.07) is 8.03. The van der Waals surface area contributed by atoms with Crippen LogP contribution in [-0.4, -0.2) is 49.7 Å². The van der Waals surface area contributed by atoms with E-state index in [0.717, 1.165) is 44.2 Å². The molecule has 1 saturated heterocycles. The van der Waals surface area contributed by atoms with Gasteiger partial charge in [-0.1, -0.05) is 19.1 Å². The summed E-state index contributed by atoms with van der Waals surface area (Å²) in [7, 11) is 1.70. The predicted octanol–water partition coefficient (Wildman–Crippen LogP) is 1.66. The van der Waals surface area contributed by atoms with E-state index in [1.54, 1.807) is 7.11 Å². The van der Waals surface area contributed by atoms with E-state index in [-0.39, 0.29) is 0 Å². The van der Waals surface area contributed by atoms with Gasteiger partial charge >= 0.3 is 0 Å². The van der Waals surface area contributed by atoms with Crippen LogP contribution >= 0.6 is 0 Å². The Hall–Kier alpha value is -1.26. The van der Waals surface area contributed by atoms with Crippen molar-refractivity contribution >= 4 is 5.69 Å². The molecule has 0 unspecified atom stereocenters. The maximum Gasteiger partial charge on any atom is 0.143 e. The Morgan fingerprint density at radius 1 is 1.18 bits per heavy atom. The molecule has 0 radical (unpaired) electrons. The molecular formula is C13H21N3O. The predicted molar refractivity (Wildman–Crippen MR) is 70.3 cm³/mol. The molecule has 4 nitrogen and oxygen atoms in total. The first-order valence-corrected chi connectivity index (χ1v) is 6.20. The monoisotopic (exact) mass is 235 g/mol. The quantitative estimate of drug-likeness (QED) is 0.859.